The lowest BCUT2D eigenvalue weighted by Crippen LogP contribution is -2.46. The van der Waals surface area contributed by atoms with Crippen molar-refractivity contribution in [3.63, 3.8) is 0 Å². The van der Waals surface area contributed by atoms with Crippen molar-refractivity contribution in [3.05, 3.63) is 0 Å². The van der Waals surface area contributed by atoms with Crippen molar-refractivity contribution in [2.24, 2.45) is 0 Å². The van der Waals surface area contributed by atoms with Gasteiger partial charge >= 0.3 is 16.3 Å². The quantitative estimate of drug-likeness (QED) is 0.662. The summed E-state index contributed by atoms with van der Waals surface area (Å²) in [4.78, 5) is 11.2. The lowest BCUT2D eigenvalue weighted by molar-refractivity contribution is 0.120. The van der Waals surface area contributed by atoms with Crippen molar-refractivity contribution >= 4 is 27.9 Å². The summed E-state index contributed by atoms with van der Waals surface area (Å²) >= 11 is 5.51. The molecule has 0 aliphatic rings. The average molecular weight is 303 g/mol. The molecule has 0 unspecified atom stereocenters. The van der Waals surface area contributed by atoms with Crippen molar-refractivity contribution in [2.45, 2.75) is 20.0 Å². The number of carbonyl (C=O) groups is 1. The van der Waals surface area contributed by atoms with Crippen LogP contribution in [0.4, 0.5) is 4.79 Å². The van der Waals surface area contributed by atoms with Crippen molar-refractivity contribution in [2.75, 3.05) is 32.7 Å². The van der Waals surface area contributed by atoms with Gasteiger partial charge in [0.25, 0.3) is 0 Å². The van der Waals surface area contributed by atoms with Crippen LogP contribution < -0.4 is 4.72 Å². The van der Waals surface area contributed by atoms with Crippen LogP contribution in [-0.4, -0.2) is 57.6 Å². The van der Waals surface area contributed by atoms with E-state index in [9.17, 15) is 13.2 Å². The highest BCUT2D eigenvalue weighted by molar-refractivity contribution is 7.87. The second kappa shape index (κ2) is 8.52. The lowest BCUT2D eigenvalue weighted by Gasteiger charge is -2.21. The Balaban J connectivity index is 4.58. The zero-order valence-corrected chi connectivity index (χ0v) is 12.3. The van der Waals surface area contributed by atoms with Gasteiger partial charge in [-0.15, -0.1) is 11.6 Å². The van der Waals surface area contributed by atoms with Crippen LogP contribution >= 0.6 is 11.6 Å². The Hall–Kier alpha value is -0.570. The molecule has 18 heavy (non-hydrogen) atoms. The maximum Gasteiger partial charge on any atom is 0.422 e. The van der Waals surface area contributed by atoms with Crippen LogP contribution in [0.5, 0.6) is 0 Å². The van der Waals surface area contributed by atoms with E-state index in [4.69, 9.17) is 21.1 Å². The van der Waals surface area contributed by atoms with Gasteiger partial charge < -0.3 is 9.47 Å². The first-order valence-corrected chi connectivity index (χ1v) is 7.34. The fraction of sp³-hybridized carbons (Fsp3) is 0.889. The summed E-state index contributed by atoms with van der Waals surface area (Å²) in [5.41, 5.74) is 0. The topological polar surface area (TPSA) is 84.9 Å². The van der Waals surface area contributed by atoms with E-state index >= 15 is 0 Å². The van der Waals surface area contributed by atoms with E-state index < -0.39 is 22.4 Å². The second-order valence-corrected chi connectivity index (χ2v) is 5.69. The zero-order valence-electron chi connectivity index (χ0n) is 10.7. The lowest BCUT2D eigenvalue weighted by atomic mass is 10.5. The van der Waals surface area contributed by atoms with Gasteiger partial charge in [0.05, 0.1) is 12.7 Å². The summed E-state index contributed by atoms with van der Waals surface area (Å²) in [6.45, 7) is 3.63. The first-order valence-electron chi connectivity index (χ1n) is 5.37. The first kappa shape index (κ1) is 17.4. The minimum Gasteiger partial charge on any atom is -0.446 e. The van der Waals surface area contributed by atoms with Crippen LogP contribution in [-0.2, 0) is 19.7 Å². The van der Waals surface area contributed by atoms with Gasteiger partial charge in [-0.2, -0.15) is 12.7 Å². The summed E-state index contributed by atoms with van der Waals surface area (Å²) in [7, 11) is -2.51. The predicted octanol–water partition coefficient (Wildman–Crippen LogP) is 0.553. The van der Waals surface area contributed by atoms with Crippen LogP contribution in [0, 0.1) is 0 Å². The van der Waals surface area contributed by atoms with Crippen molar-refractivity contribution in [3.8, 4) is 0 Å². The van der Waals surface area contributed by atoms with E-state index in [1.807, 2.05) is 0 Å². The molecule has 0 saturated carbocycles. The normalized spacial score (nSPS) is 11.9. The van der Waals surface area contributed by atoms with E-state index in [2.05, 4.69) is 0 Å². The molecule has 1 N–H and O–H groups in total. The highest BCUT2D eigenvalue weighted by Crippen LogP contribution is 2.00. The molecule has 0 heterocycles. The Morgan fingerprint density at radius 2 is 2.00 bits per heavy atom. The molecule has 9 heteroatoms. The van der Waals surface area contributed by atoms with Gasteiger partial charge in [0.15, 0.2) is 0 Å². The number of rotatable bonds is 8. The summed E-state index contributed by atoms with van der Waals surface area (Å²) in [5, 5.41) is 0. The molecular weight excluding hydrogens is 284 g/mol. The molecule has 0 radical (unpaired) electrons. The fourth-order valence-corrected chi connectivity index (χ4v) is 2.39. The summed E-state index contributed by atoms with van der Waals surface area (Å²) in [6, 6.07) is 0. The number of hydrogen-bond acceptors (Lipinski definition) is 5. The SMILES string of the molecule is COCCN(CCCl)S(=O)(=O)NC(=O)OC(C)C. The van der Waals surface area contributed by atoms with Crippen LogP contribution in [0.2, 0.25) is 0 Å². The average Bonchev–Trinajstić information content (AvgIpc) is 2.21. The smallest absolute Gasteiger partial charge is 0.422 e. The zero-order chi connectivity index (χ0) is 14.2. The Labute approximate surface area is 113 Å². The minimum absolute atomic E-state index is 0.0786. The molecule has 0 aromatic heterocycles. The highest BCUT2D eigenvalue weighted by atomic mass is 35.5. The van der Waals surface area contributed by atoms with E-state index in [0.29, 0.717) is 0 Å². The molecule has 0 spiro atoms. The number of ether oxygens (including phenoxy) is 2. The number of hydrogen-bond donors (Lipinski definition) is 1. The molecule has 0 aliphatic heterocycles. The molecule has 0 bridgehead atoms. The number of methoxy groups -OCH3 is 1. The molecule has 0 atom stereocenters. The van der Waals surface area contributed by atoms with Crippen LogP contribution in [0.25, 0.3) is 0 Å². The Bertz CT molecular complexity index is 347. The summed E-state index contributed by atoms with van der Waals surface area (Å²) in [6.07, 6.45) is -1.41. The molecule has 0 aromatic rings. The molecule has 0 rings (SSSR count). The second-order valence-electron chi connectivity index (χ2n) is 3.64. The van der Waals surface area contributed by atoms with Gasteiger partial charge in [-0.3, -0.25) is 0 Å². The van der Waals surface area contributed by atoms with Gasteiger partial charge in [-0.1, -0.05) is 0 Å². The van der Waals surface area contributed by atoms with Crippen molar-refractivity contribution < 1.29 is 22.7 Å². The standard InChI is InChI=1S/C9H19ClN2O5S/c1-8(2)17-9(13)11-18(14,15)12(5-4-10)6-7-16-3/h8H,4-7H2,1-3H3,(H,11,13). The Kier molecular flexibility index (Phi) is 8.25. The van der Waals surface area contributed by atoms with Gasteiger partial charge in [0, 0.05) is 26.1 Å². The number of nitrogens with one attached hydrogen (secondary N) is 1. The first-order chi connectivity index (χ1) is 8.33. The molecule has 108 valence electrons. The molecule has 0 saturated heterocycles. The Morgan fingerprint density at radius 3 is 2.44 bits per heavy atom. The van der Waals surface area contributed by atoms with E-state index in [1.54, 1.807) is 18.6 Å². The molecule has 0 aromatic carbocycles. The van der Waals surface area contributed by atoms with Gasteiger partial charge in [0.1, 0.15) is 0 Å². The van der Waals surface area contributed by atoms with Gasteiger partial charge in [-0.05, 0) is 13.8 Å². The third-order valence-electron chi connectivity index (χ3n) is 1.77. The number of carbonyl (C=O) groups excluding carboxylic acids is 1. The monoisotopic (exact) mass is 302 g/mol. The maximum atomic E-state index is 11.8. The fourth-order valence-electron chi connectivity index (χ4n) is 1.05. The van der Waals surface area contributed by atoms with Gasteiger partial charge in [-0.25, -0.2) is 9.52 Å². The van der Waals surface area contributed by atoms with Crippen LogP contribution in [0.1, 0.15) is 13.8 Å². The summed E-state index contributed by atoms with van der Waals surface area (Å²) in [5.74, 6) is 0.115. The van der Waals surface area contributed by atoms with Crippen LogP contribution in [0.3, 0.4) is 0 Å². The molecule has 0 aliphatic carbocycles. The molecule has 1 amide bonds. The third kappa shape index (κ3) is 7.00. The largest absolute Gasteiger partial charge is 0.446 e. The van der Waals surface area contributed by atoms with Crippen LogP contribution in [0.15, 0.2) is 0 Å². The number of alkyl halides is 1. The Morgan fingerprint density at radius 1 is 1.39 bits per heavy atom. The maximum absolute atomic E-state index is 11.8. The van der Waals surface area contributed by atoms with E-state index in [1.165, 1.54) is 7.11 Å². The third-order valence-corrected chi connectivity index (χ3v) is 3.41. The van der Waals surface area contributed by atoms with E-state index in [0.717, 1.165) is 4.31 Å². The van der Waals surface area contributed by atoms with Gasteiger partial charge in [0.2, 0.25) is 0 Å². The molecular formula is C9H19ClN2O5S. The number of nitrogens with zero attached hydrogens (tertiary/aromatic N) is 1. The molecule has 0 fully saturated rings. The predicted molar refractivity (Wildman–Crippen MR) is 67.8 cm³/mol. The highest BCUT2D eigenvalue weighted by Gasteiger charge is 2.24. The molecule has 7 nitrogen and oxygen atoms in total. The van der Waals surface area contributed by atoms with Crippen molar-refractivity contribution in [1.29, 1.82) is 0 Å². The minimum atomic E-state index is -3.96. The number of halogens is 1. The summed E-state index contributed by atoms with van der Waals surface area (Å²) < 4.78 is 35.9. The van der Waals surface area contributed by atoms with Crippen molar-refractivity contribution in [1.82, 2.24) is 9.03 Å². The number of amides is 1. The van der Waals surface area contributed by atoms with E-state index in [-0.39, 0.29) is 25.6 Å².